The molecule has 0 N–H and O–H groups in total. The number of rotatable bonds is 1. The van der Waals surface area contributed by atoms with Gasteiger partial charge < -0.3 is 0 Å². The molecule has 68 valence electrons. The molecular weight excluding hydrogens is 233 g/mol. The van der Waals surface area contributed by atoms with Crippen LogP contribution in [-0.2, 0) is 0 Å². The van der Waals surface area contributed by atoms with Crippen LogP contribution in [0.25, 0.3) is 0 Å². The Kier molecular flexibility index (Phi) is 2.99. The Morgan fingerprint density at radius 2 is 1.92 bits per heavy atom. The van der Waals surface area contributed by atoms with Gasteiger partial charge in [-0.15, -0.1) is 0 Å². The zero-order valence-electron chi connectivity index (χ0n) is 6.29. The molecule has 1 aliphatic rings. The average molecular weight is 241 g/mol. The molecule has 0 fully saturated rings. The van der Waals surface area contributed by atoms with E-state index in [1.54, 1.807) is 6.08 Å². The van der Waals surface area contributed by atoms with E-state index in [9.17, 15) is 13.2 Å². The van der Waals surface area contributed by atoms with E-state index >= 15 is 0 Å². The normalized spacial score (nSPS) is 18.7. The lowest BCUT2D eigenvalue weighted by atomic mass is 9.99. The topological polar surface area (TPSA) is 0 Å². The Bertz CT molecular complexity index is 225. The fourth-order valence-electron chi connectivity index (χ4n) is 1.03. The Balaban J connectivity index is 2.73. The van der Waals surface area contributed by atoms with Crippen molar-refractivity contribution in [2.45, 2.75) is 19.0 Å². The van der Waals surface area contributed by atoms with Gasteiger partial charge in [0.15, 0.2) is 0 Å². The van der Waals surface area contributed by atoms with Crippen molar-refractivity contribution in [2.24, 2.45) is 0 Å². The summed E-state index contributed by atoms with van der Waals surface area (Å²) in [4.78, 5) is 0. The SMILES string of the molecule is FC(F)(F)C1=CC=C(CBr)CC1. The average Bonchev–Trinajstić information content (AvgIpc) is 2.03. The van der Waals surface area contributed by atoms with Gasteiger partial charge in [0.25, 0.3) is 0 Å². The third kappa shape index (κ3) is 2.37. The third-order valence-electron chi connectivity index (χ3n) is 1.77. The van der Waals surface area contributed by atoms with Crippen LogP contribution < -0.4 is 0 Å². The minimum absolute atomic E-state index is 0.112. The molecule has 0 nitrogen and oxygen atoms in total. The second-order valence-corrected chi connectivity index (χ2v) is 3.21. The van der Waals surface area contributed by atoms with Crippen LogP contribution in [0.1, 0.15) is 12.8 Å². The van der Waals surface area contributed by atoms with Crippen LogP contribution in [-0.4, -0.2) is 11.5 Å². The minimum Gasteiger partial charge on any atom is -0.166 e. The van der Waals surface area contributed by atoms with Crippen LogP contribution in [0.5, 0.6) is 0 Å². The summed E-state index contributed by atoms with van der Waals surface area (Å²) in [7, 11) is 0. The van der Waals surface area contributed by atoms with Crippen LogP contribution in [0.15, 0.2) is 23.3 Å². The largest absolute Gasteiger partial charge is 0.412 e. The lowest BCUT2D eigenvalue weighted by Gasteiger charge is -2.15. The molecule has 1 rings (SSSR count). The van der Waals surface area contributed by atoms with Crippen molar-refractivity contribution in [3.8, 4) is 0 Å². The van der Waals surface area contributed by atoms with Crippen molar-refractivity contribution >= 4 is 15.9 Å². The van der Waals surface area contributed by atoms with Crippen LogP contribution in [0.4, 0.5) is 13.2 Å². The van der Waals surface area contributed by atoms with Crippen molar-refractivity contribution in [3.63, 3.8) is 0 Å². The van der Waals surface area contributed by atoms with Gasteiger partial charge in [-0.3, -0.25) is 0 Å². The van der Waals surface area contributed by atoms with Gasteiger partial charge in [0.2, 0.25) is 0 Å². The molecular formula is C8H8BrF3. The number of allylic oxidation sites excluding steroid dienone is 4. The van der Waals surface area contributed by atoms with E-state index in [4.69, 9.17) is 0 Å². The molecule has 0 heterocycles. The molecule has 12 heavy (non-hydrogen) atoms. The zero-order chi connectivity index (χ0) is 9.19. The summed E-state index contributed by atoms with van der Waals surface area (Å²) < 4.78 is 36.2. The van der Waals surface area contributed by atoms with E-state index in [1.165, 1.54) is 6.08 Å². The van der Waals surface area contributed by atoms with Crippen molar-refractivity contribution in [1.82, 2.24) is 0 Å². The van der Waals surface area contributed by atoms with Gasteiger partial charge in [0.05, 0.1) is 0 Å². The molecule has 0 aromatic carbocycles. The molecule has 0 amide bonds. The summed E-state index contributed by atoms with van der Waals surface area (Å²) in [5.41, 5.74) is 0.593. The summed E-state index contributed by atoms with van der Waals surface area (Å²) >= 11 is 3.20. The quantitative estimate of drug-likeness (QED) is 0.615. The maximum atomic E-state index is 12.1. The Labute approximate surface area is 77.3 Å². The first-order valence-electron chi connectivity index (χ1n) is 3.56. The van der Waals surface area contributed by atoms with E-state index in [-0.39, 0.29) is 6.42 Å². The number of hydrogen-bond acceptors (Lipinski definition) is 0. The van der Waals surface area contributed by atoms with E-state index in [0.717, 1.165) is 5.57 Å². The molecule has 4 heteroatoms. The van der Waals surface area contributed by atoms with Crippen LogP contribution in [0.3, 0.4) is 0 Å². The summed E-state index contributed by atoms with van der Waals surface area (Å²) in [6.45, 7) is 0. The maximum absolute atomic E-state index is 12.1. The van der Waals surface area contributed by atoms with Crippen LogP contribution in [0, 0.1) is 0 Å². The summed E-state index contributed by atoms with van der Waals surface area (Å²) in [6, 6.07) is 0. The predicted octanol–water partition coefficient (Wildman–Crippen LogP) is 3.59. The zero-order valence-corrected chi connectivity index (χ0v) is 7.87. The van der Waals surface area contributed by atoms with Crippen LogP contribution in [0.2, 0.25) is 0 Å². The second kappa shape index (κ2) is 3.64. The number of halogens is 4. The first kappa shape index (κ1) is 9.84. The molecule has 0 radical (unpaired) electrons. The van der Waals surface area contributed by atoms with Gasteiger partial charge in [0, 0.05) is 10.9 Å². The first-order valence-corrected chi connectivity index (χ1v) is 4.68. The Morgan fingerprint density at radius 1 is 1.25 bits per heavy atom. The summed E-state index contributed by atoms with van der Waals surface area (Å²) in [5, 5.41) is 0.661. The monoisotopic (exact) mass is 240 g/mol. The van der Waals surface area contributed by atoms with Crippen molar-refractivity contribution in [2.75, 3.05) is 5.33 Å². The Morgan fingerprint density at radius 3 is 2.25 bits per heavy atom. The molecule has 0 aromatic heterocycles. The number of alkyl halides is 4. The van der Waals surface area contributed by atoms with Crippen molar-refractivity contribution in [3.05, 3.63) is 23.3 Å². The lowest BCUT2D eigenvalue weighted by molar-refractivity contribution is -0.0941. The minimum atomic E-state index is -4.14. The predicted molar refractivity (Wildman–Crippen MR) is 45.2 cm³/mol. The highest BCUT2D eigenvalue weighted by molar-refractivity contribution is 9.09. The molecule has 0 spiro atoms. The van der Waals surface area contributed by atoms with Crippen molar-refractivity contribution < 1.29 is 13.2 Å². The fourth-order valence-corrected chi connectivity index (χ4v) is 1.50. The molecule has 0 saturated carbocycles. The van der Waals surface area contributed by atoms with E-state index in [2.05, 4.69) is 15.9 Å². The molecule has 0 unspecified atom stereocenters. The van der Waals surface area contributed by atoms with Gasteiger partial charge in [-0.25, -0.2) is 0 Å². The molecule has 0 bridgehead atoms. The van der Waals surface area contributed by atoms with Gasteiger partial charge in [-0.05, 0) is 12.8 Å². The lowest BCUT2D eigenvalue weighted by Crippen LogP contribution is -2.13. The van der Waals surface area contributed by atoms with Crippen molar-refractivity contribution in [1.29, 1.82) is 0 Å². The first-order chi connectivity index (χ1) is 5.54. The highest BCUT2D eigenvalue weighted by Crippen LogP contribution is 2.32. The van der Waals surface area contributed by atoms with E-state index in [1.807, 2.05) is 0 Å². The number of hydrogen-bond donors (Lipinski definition) is 0. The Hall–Kier alpha value is -0.250. The second-order valence-electron chi connectivity index (χ2n) is 2.65. The molecule has 0 saturated heterocycles. The van der Waals surface area contributed by atoms with E-state index < -0.39 is 11.7 Å². The van der Waals surface area contributed by atoms with Gasteiger partial charge in [-0.1, -0.05) is 33.7 Å². The standard InChI is InChI=1S/C8H8BrF3/c9-5-6-1-3-7(4-2-6)8(10,11)12/h1,3H,2,4-5H2. The van der Waals surface area contributed by atoms with Crippen LogP contribution >= 0.6 is 15.9 Å². The summed E-state index contributed by atoms with van der Waals surface area (Å²) in [6.07, 6.45) is -0.812. The maximum Gasteiger partial charge on any atom is 0.412 e. The smallest absolute Gasteiger partial charge is 0.166 e. The van der Waals surface area contributed by atoms with E-state index in [0.29, 0.717) is 11.8 Å². The highest BCUT2D eigenvalue weighted by atomic mass is 79.9. The van der Waals surface area contributed by atoms with Gasteiger partial charge >= 0.3 is 6.18 Å². The summed E-state index contributed by atoms with van der Waals surface area (Å²) in [5.74, 6) is 0. The molecule has 1 aliphatic carbocycles. The molecule has 0 aromatic rings. The molecule has 0 aliphatic heterocycles. The third-order valence-corrected chi connectivity index (χ3v) is 2.49. The van der Waals surface area contributed by atoms with Gasteiger partial charge in [0.1, 0.15) is 0 Å². The van der Waals surface area contributed by atoms with Gasteiger partial charge in [-0.2, -0.15) is 13.2 Å². The fraction of sp³-hybridized carbons (Fsp3) is 0.500. The highest BCUT2D eigenvalue weighted by Gasteiger charge is 2.33. The molecule has 0 atom stereocenters.